The van der Waals surface area contributed by atoms with Crippen molar-refractivity contribution < 1.29 is 9.53 Å². The summed E-state index contributed by atoms with van der Waals surface area (Å²) in [6, 6.07) is 0. The second kappa shape index (κ2) is 4.79. The maximum atomic E-state index is 11.6. The third-order valence-corrected chi connectivity index (χ3v) is 5.31. The van der Waals surface area contributed by atoms with Crippen molar-refractivity contribution in [2.24, 2.45) is 24.8 Å². The highest BCUT2D eigenvalue weighted by molar-refractivity contribution is 5.72. The van der Waals surface area contributed by atoms with Crippen molar-refractivity contribution in [2.45, 2.75) is 38.5 Å². The van der Waals surface area contributed by atoms with Gasteiger partial charge in [0.1, 0.15) is 5.82 Å². The fraction of sp³-hybridized carbons (Fsp3) is 0.733. The Morgan fingerprint density at radius 3 is 2.35 bits per heavy atom. The zero-order chi connectivity index (χ0) is 14.4. The number of anilines is 1. The van der Waals surface area contributed by atoms with Crippen molar-refractivity contribution in [3.63, 3.8) is 0 Å². The maximum Gasteiger partial charge on any atom is 0.308 e. The Labute approximate surface area is 119 Å². The summed E-state index contributed by atoms with van der Waals surface area (Å²) >= 11 is 0. The molecule has 5 nitrogen and oxygen atoms in total. The molecule has 1 heterocycles. The number of rotatable bonds is 2. The molecule has 2 N–H and O–H groups in total. The molecule has 0 amide bonds. The summed E-state index contributed by atoms with van der Waals surface area (Å²) < 4.78 is 6.65. The molecule has 5 heteroatoms. The van der Waals surface area contributed by atoms with Gasteiger partial charge in [-0.3, -0.25) is 9.48 Å². The van der Waals surface area contributed by atoms with Crippen molar-refractivity contribution >= 4 is 11.8 Å². The minimum absolute atomic E-state index is 0.0331. The predicted molar refractivity (Wildman–Crippen MR) is 76.1 cm³/mol. The van der Waals surface area contributed by atoms with Crippen LogP contribution < -0.4 is 5.73 Å². The number of hydrogen-bond acceptors (Lipinski definition) is 4. The zero-order valence-electron chi connectivity index (χ0n) is 12.4. The van der Waals surface area contributed by atoms with E-state index in [0.29, 0.717) is 17.8 Å². The number of carbonyl (C=O) groups excluding carboxylic acids is 1. The lowest BCUT2D eigenvalue weighted by molar-refractivity contribution is -0.145. The third-order valence-electron chi connectivity index (χ3n) is 5.31. The van der Waals surface area contributed by atoms with E-state index in [1.165, 1.54) is 7.11 Å². The quantitative estimate of drug-likeness (QED) is 0.839. The average molecular weight is 277 g/mol. The van der Waals surface area contributed by atoms with Crippen molar-refractivity contribution in [1.82, 2.24) is 9.78 Å². The van der Waals surface area contributed by atoms with E-state index in [-0.39, 0.29) is 11.9 Å². The van der Waals surface area contributed by atoms with Gasteiger partial charge in [-0.25, -0.2) is 0 Å². The molecule has 3 rings (SSSR count). The van der Waals surface area contributed by atoms with Crippen LogP contribution in [0, 0.1) is 24.7 Å². The number of aromatic nitrogens is 2. The SMILES string of the molecule is COC(=O)C1CC2CC(c3nn(C)c(N)c3C)CC2C1. The first-order valence-corrected chi connectivity index (χ1v) is 7.38. The number of hydrogen-bond donors (Lipinski definition) is 1. The van der Waals surface area contributed by atoms with Crippen LogP contribution in [0.15, 0.2) is 0 Å². The van der Waals surface area contributed by atoms with Gasteiger partial charge in [0.2, 0.25) is 0 Å². The Kier molecular flexibility index (Phi) is 3.22. The van der Waals surface area contributed by atoms with E-state index in [1.54, 1.807) is 4.68 Å². The van der Waals surface area contributed by atoms with Crippen LogP contribution in [0.5, 0.6) is 0 Å². The fourth-order valence-electron chi connectivity index (χ4n) is 4.25. The van der Waals surface area contributed by atoms with E-state index >= 15 is 0 Å². The highest BCUT2D eigenvalue weighted by Gasteiger charge is 2.45. The first kappa shape index (κ1) is 13.5. The number of aryl methyl sites for hydroxylation is 1. The highest BCUT2D eigenvalue weighted by Crippen LogP contribution is 2.53. The Bertz CT molecular complexity index is 523. The van der Waals surface area contributed by atoms with Crippen LogP contribution in [0.3, 0.4) is 0 Å². The lowest BCUT2D eigenvalue weighted by Crippen LogP contribution is -2.14. The van der Waals surface area contributed by atoms with Crippen LogP contribution in [-0.2, 0) is 16.6 Å². The van der Waals surface area contributed by atoms with E-state index in [4.69, 9.17) is 10.5 Å². The summed E-state index contributed by atoms with van der Waals surface area (Å²) in [6.07, 6.45) is 4.23. The second-order valence-electron chi connectivity index (χ2n) is 6.40. The van der Waals surface area contributed by atoms with E-state index in [1.807, 2.05) is 7.05 Å². The van der Waals surface area contributed by atoms with E-state index < -0.39 is 0 Å². The van der Waals surface area contributed by atoms with Crippen LogP contribution in [0.2, 0.25) is 0 Å². The summed E-state index contributed by atoms with van der Waals surface area (Å²) in [5, 5.41) is 4.59. The summed E-state index contributed by atoms with van der Waals surface area (Å²) in [6.45, 7) is 2.06. The smallest absolute Gasteiger partial charge is 0.308 e. The van der Waals surface area contributed by atoms with Crippen molar-refractivity contribution in [1.29, 1.82) is 0 Å². The Morgan fingerprint density at radius 2 is 1.90 bits per heavy atom. The van der Waals surface area contributed by atoms with Gasteiger partial charge < -0.3 is 10.5 Å². The molecule has 2 unspecified atom stereocenters. The zero-order valence-corrected chi connectivity index (χ0v) is 12.4. The summed E-state index contributed by atoms with van der Waals surface area (Å²) in [5.74, 6) is 2.65. The minimum Gasteiger partial charge on any atom is -0.469 e. The molecule has 1 aromatic rings. The van der Waals surface area contributed by atoms with Crippen LogP contribution >= 0.6 is 0 Å². The molecule has 2 aliphatic carbocycles. The predicted octanol–water partition coefficient (Wildman–Crippen LogP) is 2.00. The van der Waals surface area contributed by atoms with E-state index in [0.717, 1.165) is 42.8 Å². The molecule has 2 fully saturated rings. The van der Waals surface area contributed by atoms with Gasteiger partial charge in [0.15, 0.2) is 0 Å². The number of nitrogens with zero attached hydrogens (tertiary/aromatic N) is 2. The molecule has 20 heavy (non-hydrogen) atoms. The monoisotopic (exact) mass is 277 g/mol. The summed E-state index contributed by atoms with van der Waals surface area (Å²) in [7, 11) is 3.38. The van der Waals surface area contributed by atoms with Crippen LogP contribution in [0.25, 0.3) is 0 Å². The third kappa shape index (κ3) is 2.00. The molecule has 0 bridgehead atoms. The lowest BCUT2D eigenvalue weighted by atomic mass is 9.94. The molecule has 0 aromatic carbocycles. The van der Waals surface area contributed by atoms with Crippen LogP contribution in [0.1, 0.15) is 42.9 Å². The number of nitrogen functional groups attached to an aromatic ring is 1. The summed E-state index contributed by atoms with van der Waals surface area (Å²) in [4.78, 5) is 11.6. The second-order valence-corrected chi connectivity index (χ2v) is 6.40. The van der Waals surface area contributed by atoms with Crippen LogP contribution in [-0.4, -0.2) is 22.9 Å². The normalized spacial score (nSPS) is 32.4. The van der Waals surface area contributed by atoms with E-state index in [9.17, 15) is 4.79 Å². The van der Waals surface area contributed by atoms with Crippen molar-refractivity contribution in [2.75, 3.05) is 12.8 Å². The topological polar surface area (TPSA) is 70.1 Å². The first-order chi connectivity index (χ1) is 9.51. The Hall–Kier alpha value is -1.52. The van der Waals surface area contributed by atoms with Crippen LogP contribution in [0.4, 0.5) is 5.82 Å². The molecule has 0 saturated heterocycles. The van der Waals surface area contributed by atoms with Gasteiger partial charge in [-0.05, 0) is 44.4 Å². The van der Waals surface area contributed by atoms with Crippen molar-refractivity contribution in [3.8, 4) is 0 Å². The number of nitrogens with two attached hydrogens (primary N) is 1. The average Bonchev–Trinajstić information content (AvgIpc) is 3.05. The maximum absolute atomic E-state index is 11.6. The number of fused-ring (bicyclic) bond motifs is 1. The molecule has 2 atom stereocenters. The van der Waals surface area contributed by atoms with Gasteiger partial charge in [-0.2, -0.15) is 5.10 Å². The standard InChI is InChI=1S/C15H23N3O2/c1-8-13(17-18(2)14(8)16)11-4-9-6-12(15(19)20-3)7-10(9)5-11/h9-12H,4-7,16H2,1-3H3. The molecular formula is C15H23N3O2. The molecule has 0 aliphatic heterocycles. The summed E-state index contributed by atoms with van der Waals surface area (Å²) in [5.41, 5.74) is 8.29. The van der Waals surface area contributed by atoms with Crippen molar-refractivity contribution in [3.05, 3.63) is 11.3 Å². The van der Waals surface area contributed by atoms with E-state index in [2.05, 4.69) is 12.0 Å². The molecular weight excluding hydrogens is 254 g/mol. The highest BCUT2D eigenvalue weighted by atomic mass is 16.5. The Morgan fingerprint density at radius 1 is 1.30 bits per heavy atom. The van der Waals surface area contributed by atoms with Gasteiger partial charge >= 0.3 is 5.97 Å². The minimum atomic E-state index is -0.0331. The largest absolute Gasteiger partial charge is 0.469 e. The number of carbonyl (C=O) groups is 1. The Balaban J connectivity index is 1.71. The van der Waals surface area contributed by atoms with Gasteiger partial charge in [0, 0.05) is 18.5 Å². The molecule has 110 valence electrons. The first-order valence-electron chi connectivity index (χ1n) is 7.38. The molecule has 2 aliphatic rings. The molecule has 2 saturated carbocycles. The molecule has 1 aromatic heterocycles. The van der Waals surface area contributed by atoms with Gasteiger partial charge in [0.25, 0.3) is 0 Å². The molecule has 0 spiro atoms. The number of esters is 1. The van der Waals surface area contributed by atoms with Gasteiger partial charge in [0.05, 0.1) is 18.7 Å². The number of ether oxygens (including phenoxy) is 1. The fourth-order valence-corrected chi connectivity index (χ4v) is 4.25. The van der Waals surface area contributed by atoms with Gasteiger partial charge in [-0.15, -0.1) is 0 Å². The lowest BCUT2D eigenvalue weighted by Gasteiger charge is -2.12. The number of methoxy groups -OCH3 is 1. The molecule has 0 radical (unpaired) electrons. The van der Waals surface area contributed by atoms with Gasteiger partial charge in [-0.1, -0.05) is 0 Å².